The number of hydrogen-bond acceptors (Lipinski definition) is 2. The predicted octanol–water partition coefficient (Wildman–Crippen LogP) is 3.70. The molecule has 1 rings (SSSR count). The van der Waals surface area contributed by atoms with E-state index in [1.807, 2.05) is 6.07 Å². The third-order valence-corrected chi connectivity index (χ3v) is 3.90. The lowest BCUT2D eigenvalue weighted by atomic mass is 9.78. The molecule has 102 valence electrons. The van der Waals surface area contributed by atoms with Crippen LogP contribution < -0.4 is 4.74 Å². The van der Waals surface area contributed by atoms with Crippen LogP contribution in [0, 0.1) is 0 Å². The highest BCUT2D eigenvalue weighted by atomic mass is 16.5. The lowest BCUT2D eigenvalue weighted by Crippen LogP contribution is -2.21. The second-order valence-electron chi connectivity index (χ2n) is 5.45. The van der Waals surface area contributed by atoms with Gasteiger partial charge in [-0.1, -0.05) is 32.9 Å². The predicted molar refractivity (Wildman–Crippen MR) is 78.4 cm³/mol. The van der Waals surface area contributed by atoms with E-state index in [1.165, 1.54) is 5.56 Å². The fraction of sp³-hybridized carbons (Fsp3) is 0.625. The monoisotopic (exact) mass is 249 g/mol. The van der Waals surface area contributed by atoms with Gasteiger partial charge in [0.25, 0.3) is 0 Å². The first-order chi connectivity index (χ1) is 8.51. The average Bonchev–Trinajstić information content (AvgIpc) is 2.38. The molecule has 2 nitrogen and oxygen atoms in total. The minimum absolute atomic E-state index is 0.265. The second-order valence-corrected chi connectivity index (χ2v) is 5.45. The standard InChI is InChI=1S/C16H27NO/c1-6-16(3,7-2)14-9-8-10-15(13-14)18-12-11-17(4)5/h8-10,13H,6-7,11-12H2,1-5H3. The molecule has 0 radical (unpaired) electrons. The minimum Gasteiger partial charge on any atom is -0.492 e. The summed E-state index contributed by atoms with van der Waals surface area (Å²) in [6.45, 7) is 8.52. The van der Waals surface area contributed by atoms with Gasteiger partial charge in [0, 0.05) is 6.54 Å². The van der Waals surface area contributed by atoms with Crippen LogP contribution in [0.15, 0.2) is 24.3 Å². The van der Waals surface area contributed by atoms with Crippen molar-refractivity contribution in [1.29, 1.82) is 0 Å². The van der Waals surface area contributed by atoms with E-state index in [2.05, 4.69) is 58.0 Å². The van der Waals surface area contributed by atoms with Crippen molar-refractivity contribution in [2.45, 2.75) is 39.0 Å². The molecule has 0 spiro atoms. The smallest absolute Gasteiger partial charge is 0.119 e. The van der Waals surface area contributed by atoms with Gasteiger partial charge in [-0.2, -0.15) is 0 Å². The van der Waals surface area contributed by atoms with Crippen LogP contribution in [-0.2, 0) is 5.41 Å². The van der Waals surface area contributed by atoms with E-state index in [-0.39, 0.29) is 5.41 Å². The van der Waals surface area contributed by atoms with Crippen molar-refractivity contribution in [1.82, 2.24) is 4.90 Å². The molecule has 0 fully saturated rings. The number of likely N-dealkylation sites (N-methyl/N-ethyl adjacent to an activating group) is 1. The molecular weight excluding hydrogens is 222 g/mol. The van der Waals surface area contributed by atoms with E-state index in [1.54, 1.807) is 0 Å². The zero-order valence-corrected chi connectivity index (χ0v) is 12.5. The van der Waals surface area contributed by atoms with E-state index in [0.29, 0.717) is 0 Å². The third kappa shape index (κ3) is 4.02. The molecule has 0 aliphatic heterocycles. The zero-order chi connectivity index (χ0) is 13.6. The van der Waals surface area contributed by atoms with Crippen molar-refractivity contribution in [3.63, 3.8) is 0 Å². The van der Waals surface area contributed by atoms with Gasteiger partial charge in [0.15, 0.2) is 0 Å². The Kier molecular flexibility index (Phi) is 5.67. The summed E-state index contributed by atoms with van der Waals surface area (Å²) in [6, 6.07) is 8.56. The van der Waals surface area contributed by atoms with E-state index in [9.17, 15) is 0 Å². The minimum atomic E-state index is 0.265. The quantitative estimate of drug-likeness (QED) is 0.730. The van der Waals surface area contributed by atoms with Crippen LogP contribution in [0.1, 0.15) is 39.2 Å². The maximum Gasteiger partial charge on any atom is 0.119 e. The molecule has 0 heterocycles. The van der Waals surface area contributed by atoms with E-state index >= 15 is 0 Å². The molecule has 0 saturated carbocycles. The summed E-state index contributed by atoms with van der Waals surface area (Å²) >= 11 is 0. The number of rotatable bonds is 7. The molecule has 0 aliphatic carbocycles. The first-order valence-electron chi connectivity index (χ1n) is 6.90. The van der Waals surface area contributed by atoms with Crippen LogP contribution in [0.25, 0.3) is 0 Å². The molecule has 1 aromatic rings. The molecule has 18 heavy (non-hydrogen) atoms. The molecule has 0 saturated heterocycles. The number of hydrogen-bond donors (Lipinski definition) is 0. The van der Waals surface area contributed by atoms with Crippen LogP contribution in [-0.4, -0.2) is 32.1 Å². The Labute approximate surface area is 112 Å². The van der Waals surface area contributed by atoms with Gasteiger partial charge < -0.3 is 9.64 Å². The summed E-state index contributed by atoms with van der Waals surface area (Å²) in [7, 11) is 4.12. The van der Waals surface area contributed by atoms with Crippen molar-refractivity contribution >= 4 is 0 Å². The van der Waals surface area contributed by atoms with Gasteiger partial charge in [-0.25, -0.2) is 0 Å². The van der Waals surface area contributed by atoms with Crippen molar-refractivity contribution in [3.8, 4) is 5.75 Å². The third-order valence-electron chi connectivity index (χ3n) is 3.90. The number of benzene rings is 1. The summed E-state index contributed by atoms with van der Waals surface area (Å²) in [5.41, 5.74) is 1.65. The molecule has 0 aliphatic rings. The van der Waals surface area contributed by atoms with Crippen LogP contribution in [0.5, 0.6) is 5.75 Å². The van der Waals surface area contributed by atoms with Crippen molar-refractivity contribution in [3.05, 3.63) is 29.8 Å². The fourth-order valence-electron chi connectivity index (χ4n) is 1.97. The van der Waals surface area contributed by atoms with Gasteiger partial charge in [0.05, 0.1) is 0 Å². The van der Waals surface area contributed by atoms with Crippen LogP contribution in [0.3, 0.4) is 0 Å². The highest BCUT2D eigenvalue weighted by Gasteiger charge is 2.22. The normalized spacial score (nSPS) is 11.9. The first-order valence-corrected chi connectivity index (χ1v) is 6.90. The molecule has 2 heteroatoms. The zero-order valence-electron chi connectivity index (χ0n) is 12.5. The van der Waals surface area contributed by atoms with Crippen LogP contribution in [0.2, 0.25) is 0 Å². The molecular formula is C16H27NO. The van der Waals surface area contributed by atoms with E-state index in [0.717, 1.165) is 31.7 Å². The molecule has 0 aromatic heterocycles. The van der Waals surface area contributed by atoms with Crippen molar-refractivity contribution in [2.24, 2.45) is 0 Å². The van der Waals surface area contributed by atoms with Gasteiger partial charge in [0.2, 0.25) is 0 Å². The van der Waals surface area contributed by atoms with E-state index < -0.39 is 0 Å². The van der Waals surface area contributed by atoms with Gasteiger partial charge in [-0.05, 0) is 50.0 Å². The topological polar surface area (TPSA) is 12.5 Å². The lowest BCUT2D eigenvalue weighted by Gasteiger charge is -2.27. The average molecular weight is 249 g/mol. The maximum absolute atomic E-state index is 5.80. The van der Waals surface area contributed by atoms with Crippen LogP contribution >= 0.6 is 0 Å². The molecule has 0 N–H and O–H groups in total. The second kappa shape index (κ2) is 6.79. The molecule has 0 unspecified atom stereocenters. The largest absolute Gasteiger partial charge is 0.492 e. The van der Waals surface area contributed by atoms with Crippen LogP contribution in [0.4, 0.5) is 0 Å². The van der Waals surface area contributed by atoms with Gasteiger partial charge >= 0.3 is 0 Å². The highest BCUT2D eigenvalue weighted by Crippen LogP contribution is 2.32. The van der Waals surface area contributed by atoms with Gasteiger partial charge in [-0.15, -0.1) is 0 Å². The summed E-state index contributed by atoms with van der Waals surface area (Å²) in [6.07, 6.45) is 2.31. The number of nitrogens with zero attached hydrogens (tertiary/aromatic N) is 1. The Morgan fingerprint density at radius 2 is 1.83 bits per heavy atom. The summed E-state index contributed by atoms with van der Waals surface area (Å²) in [4.78, 5) is 2.13. The Morgan fingerprint density at radius 3 is 2.39 bits per heavy atom. The Bertz CT molecular complexity index is 356. The molecule has 0 amide bonds. The summed E-state index contributed by atoms with van der Waals surface area (Å²) < 4.78 is 5.80. The van der Waals surface area contributed by atoms with Gasteiger partial charge in [0.1, 0.15) is 12.4 Å². The highest BCUT2D eigenvalue weighted by molar-refractivity contribution is 5.33. The lowest BCUT2D eigenvalue weighted by molar-refractivity contribution is 0.260. The first kappa shape index (κ1) is 15.0. The molecule has 0 bridgehead atoms. The Hall–Kier alpha value is -1.02. The number of ether oxygens (including phenoxy) is 1. The Morgan fingerprint density at radius 1 is 1.17 bits per heavy atom. The summed E-state index contributed by atoms with van der Waals surface area (Å²) in [5, 5.41) is 0. The molecule has 0 atom stereocenters. The fourth-order valence-corrected chi connectivity index (χ4v) is 1.97. The Balaban J connectivity index is 2.73. The maximum atomic E-state index is 5.80. The van der Waals surface area contributed by atoms with Gasteiger partial charge in [-0.3, -0.25) is 0 Å². The summed E-state index contributed by atoms with van der Waals surface area (Å²) in [5.74, 6) is 0.988. The molecule has 1 aromatic carbocycles. The van der Waals surface area contributed by atoms with E-state index in [4.69, 9.17) is 4.74 Å². The SMILES string of the molecule is CCC(C)(CC)c1cccc(OCCN(C)C)c1. The van der Waals surface area contributed by atoms with Crippen molar-refractivity contribution in [2.75, 3.05) is 27.2 Å². The van der Waals surface area contributed by atoms with Crippen molar-refractivity contribution < 1.29 is 4.74 Å².